The van der Waals surface area contributed by atoms with Gasteiger partial charge < -0.3 is 10.4 Å². The predicted octanol–water partition coefficient (Wildman–Crippen LogP) is 2.33. The van der Waals surface area contributed by atoms with Gasteiger partial charge in [0, 0.05) is 6.54 Å². The second kappa shape index (κ2) is 7.98. The zero-order valence-electron chi connectivity index (χ0n) is 10.8. The number of unbranched alkanes of at least 4 members (excludes halogenated alkanes) is 1. The minimum Gasteiger partial charge on any atom is -0.388 e. The first-order chi connectivity index (χ1) is 8.16. The van der Waals surface area contributed by atoms with E-state index in [0.717, 1.165) is 31.4 Å². The summed E-state index contributed by atoms with van der Waals surface area (Å²) in [6, 6.07) is 0. The molecule has 17 heavy (non-hydrogen) atoms. The Balaban J connectivity index is 2.10. The average Bonchev–Trinajstić information content (AvgIpc) is 2.33. The van der Waals surface area contributed by atoms with E-state index in [4.69, 9.17) is 0 Å². The lowest BCUT2D eigenvalue weighted by Gasteiger charge is -2.32. The zero-order chi connectivity index (χ0) is 12.6. The van der Waals surface area contributed by atoms with E-state index in [2.05, 4.69) is 12.2 Å². The van der Waals surface area contributed by atoms with E-state index in [-0.39, 0.29) is 5.91 Å². The fourth-order valence-corrected chi connectivity index (χ4v) is 3.04. The highest BCUT2D eigenvalue weighted by Crippen LogP contribution is 2.27. The van der Waals surface area contributed by atoms with Crippen molar-refractivity contribution in [3.05, 3.63) is 0 Å². The lowest BCUT2D eigenvalue weighted by Crippen LogP contribution is -2.44. The van der Waals surface area contributed by atoms with Gasteiger partial charge in [-0.2, -0.15) is 11.8 Å². The first-order valence-corrected chi connectivity index (χ1v) is 7.88. The van der Waals surface area contributed by atoms with Crippen LogP contribution in [0.5, 0.6) is 0 Å². The van der Waals surface area contributed by atoms with Crippen molar-refractivity contribution in [3.63, 3.8) is 0 Å². The molecule has 1 aliphatic rings. The van der Waals surface area contributed by atoms with Gasteiger partial charge in [0.15, 0.2) is 0 Å². The summed E-state index contributed by atoms with van der Waals surface area (Å²) < 4.78 is 0. The molecule has 1 amide bonds. The lowest BCUT2D eigenvalue weighted by atomic mass is 9.85. The minimum atomic E-state index is -0.637. The van der Waals surface area contributed by atoms with Gasteiger partial charge in [-0.15, -0.1) is 0 Å². The second-order valence-electron chi connectivity index (χ2n) is 4.97. The molecule has 0 aromatic rings. The normalized spacial score (nSPS) is 18.9. The molecule has 0 radical (unpaired) electrons. The molecule has 0 spiro atoms. The van der Waals surface area contributed by atoms with Crippen LogP contribution in [0.3, 0.4) is 0 Å². The Hall–Kier alpha value is -0.220. The van der Waals surface area contributed by atoms with Crippen LogP contribution < -0.4 is 5.32 Å². The van der Waals surface area contributed by atoms with E-state index < -0.39 is 5.60 Å². The Kier molecular flexibility index (Phi) is 6.97. The van der Waals surface area contributed by atoms with Crippen molar-refractivity contribution in [2.45, 2.75) is 57.5 Å². The topological polar surface area (TPSA) is 49.3 Å². The predicted molar refractivity (Wildman–Crippen MR) is 73.3 cm³/mol. The van der Waals surface area contributed by atoms with E-state index in [1.807, 2.05) is 0 Å². The number of hydrogen-bond donors (Lipinski definition) is 2. The van der Waals surface area contributed by atoms with Gasteiger partial charge in [-0.1, -0.05) is 32.6 Å². The first kappa shape index (κ1) is 14.8. The number of nitrogens with one attached hydrogen (secondary N) is 1. The van der Waals surface area contributed by atoms with Crippen molar-refractivity contribution in [3.8, 4) is 0 Å². The molecule has 1 fully saturated rings. The van der Waals surface area contributed by atoms with Crippen LogP contribution in [0, 0.1) is 0 Å². The Labute approximate surface area is 109 Å². The molecule has 1 saturated carbocycles. The highest BCUT2D eigenvalue weighted by molar-refractivity contribution is 7.99. The maximum absolute atomic E-state index is 11.5. The van der Waals surface area contributed by atoms with Crippen molar-refractivity contribution in [1.82, 2.24) is 5.32 Å². The summed E-state index contributed by atoms with van der Waals surface area (Å²) in [6.45, 7) is 2.58. The van der Waals surface area contributed by atoms with Crippen molar-refractivity contribution in [2.75, 3.05) is 18.1 Å². The fourth-order valence-electron chi connectivity index (χ4n) is 2.11. The molecule has 4 heteroatoms. The first-order valence-electron chi connectivity index (χ1n) is 6.73. The van der Waals surface area contributed by atoms with E-state index >= 15 is 0 Å². The van der Waals surface area contributed by atoms with Crippen LogP contribution in [0.1, 0.15) is 51.9 Å². The maximum atomic E-state index is 11.5. The van der Waals surface area contributed by atoms with Crippen molar-refractivity contribution in [1.29, 1.82) is 0 Å². The summed E-state index contributed by atoms with van der Waals surface area (Å²) in [5, 5.41) is 13.1. The van der Waals surface area contributed by atoms with Crippen LogP contribution >= 0.6 is 11.8 Å². The molecule has 0 atom stereocenters. The molecule has 0 aliphatic heterocycles. The Morgan fingerprint density at radius 2 is 2.06 bits per heavy atom. The van der Waals surface area contributed by atoms with E-state index in [0.29, 0.717) is 12.3 Å². The van der Waals surface area contributed by atoms with Gasteiger partial charge >= 0.3 is 0 Å². The average molecular weight is 259 g/mol. The molecule has 0 saturated heterocycles. The summed E-state index contributed by atoms with van der Waals surface area (Å²) >= 11 is 1.68. The Morgan fingerprint density at radius 3 is 2.71 bits per heavy atom. The number of aliphatic hydroxyl groups is 1. The smallest absolute Gasteiger partial charge is 0.230 e. The van der Waals surface area contributed by atoms with Crippen LogP contribution in [0.4, 0.5) is 0 Å². The van der Waals surface area contributed by atoms with E-state index in [1.54, 1.807) is 11.8 Å². The van der Waals surface area contributed by atoms with E-state index in [9.17, 15) is 9.90 Å². The van der Waals surface area contributed by atoms with Crippen LogP contribution in [0.2, 0.25) is 0 Å². The summed E-state index contributed by atoms with van der Waals surface area (Å²) in [7, 11) is 0. The lowest BCUT2D eigenvalue weighted by molar-refractivity contribution is -0.120. The van der Waals surface area contributed by atoms with Gasteiger partial charge in [-0.05, 0) is 25.0 Å². The van der Waals surface area contributed by atoms with Crippen molar-refractivity contribution >= 4 is 17.7 Å². The second-order valence-corrected chi connectivity index (χ2v) is 6.07. The van der Waals surface area contributed by atoms with Gasteiger partial charge in [0.25, 0.3) is 0 Å². The zero-order valence-corrected chi connectivity index (χ0v) is 11.7. The molecule has 1 aliphatic carbocycles. The monoisotopic (exact) mass is 259 g/mol. The van der Waals surface area contributed by atoms with Crippen molar-refractivity contribution in [2.24, 2.45) is 0 Å². The van der Waals surface area contributed by atoms with Gasteiger partial charge in [0.2, 0.25) is 5.91 Å². The van der Waals surface area contributed by atoms with Gasteiger partial charge in [0.1, 0.15) is 0 Å². The standard InChI is InChI=1S/C13H25NO2S/c1-2-3-9-17-10-12(15)14-11-13(16)7-5-4-6-8-13/h16H,2-11H2,1H3,(H,14,15). The third kappa shape index (κ3) is 6.32. The highest BCUT2D eigenvalue weighted by Gasteiger charge is 2.29. The van der Waals surface area contributed by atoms with Crippen LogP contribution in [-0.2, 0) is 4.79 Å². The van der Waals surface area contributed by atoms with E-state index in [1.165, 1.54) is 19.3 Å². The quantitative estimate of drug-likeness (QED) is 0.690. The summed E-state index contributed by atoms with van der Waals surface area (Å²) in [6.07, 6.45) is 7.38. The molecule has 100 valence electrons. The van der Waals surface area contributed by atoms with Gasteiger partial charge in [-0.3, -0.25) is 4.79 Å². The Morgan fingerprint density at radius 1 is 1.35 bits per heavy atom. The number of hydrogen-bond acceptors (Lipinski definition) is 3. The number of carbonyl (C=O) groups is 1. The molecule has 3 nitrogen and oxygen atoms in total. The SMILES string of the molecule is CCCCSCC(=O)NCC1(O)CCCCC1. The molecule has 2 N–H and O–H groups in total. The number of rotatable bonds is 7. The van der Waals surface area contributed by atoms with Gasteiger partial charge in [0.05, 0.1) is 11.4 Å². The van der Waals surface area contributed by atoms with Gasteiger partial charge in [-0.25, -0.2) is 0 Å². The summed E-state index contributed by atoms with van der Waals surface area (Å²) in [4.78, 5) is 11.5. The number of thioether (sulfide) groups is 1. The molecular formula is C13H25NO2S. The summed E-state index contributed by atoms with van der Waals surface area (Å²) in [5.41, 5.74) is -0.637. The molecule has 0 aromatic heterocycles. The number of amides is 1. The molecule has 0 heterocycles. The van der Waals surface area contributed by atoms with Crippen molar-refractivity contribution < 1.29 is 9.90 Å². The third-order valence-corrected chi connectivity index (χ3v) is 4.32. The molecule has 0 aromatic carbocycles. The molecule has 0 bridgehead atoms. The highest BCUT2D eigenvalue weighted by atomic mass is 32.2. The minimum absolute atomic E-state index is 0.0603. The van der Waals surface area contributed by atoms with Crippen LogP contribution in [-0.4, -0.2) is 34.7 Å². The summed E-state index contributed by atoms with van der Waals surface area (Å²) in [5.74, 6) is 1.63. The number of carbonyl (C=O) groups excluding carboxylic acids is 1. The van der Waals surface area contributed by atoms with Crippen LogP contribution in [0.15, 0.2) is 0 Å². The van der Waals surface area contributed by atoms with Crippen LogP contribution in [0.25, 0.3) is 0 Å². The molecular weight excluding hydrogens is 234 g/mol. The Bertz CT molecular complexity index is 227. The molecule has 1 rings (SSSR count). The largest absolute Gasteiger partial charge is 0.388 e. The fraction of sp³-hybridized carbons (Fsp3) is 0.923. The third-order valence-electron chi connectivity index (χ3n) is 3.27. The molecule has 0 unspecified atom stereocenters. The maximum Gasteiger partial charge on any atom is 0.230 e.